The van der Waals surface area contributed by atoms with Crippen LogP contribution in [0.2, 0.25) is 0 Å². The molecule has 0 bridgehead atoms. The smallest absolute Gasteiger partial charge is 0.172 e. The van der Waals surface area contributed by atoms with Crippen LogP contribution in [0.25, 0.3) is 11.0 Å². The molecule has 0 aliphatic carbocycles. The van der Waals surface area contributed by atoms with Gasteiger partial charge in [0.25, 0.3) is 0 Å². The van der Waals surface area contributed by atoms with Crippen molar-refractivity contribution >= 4 is 28.4 Å². The quantitative estimate of drug-likeness (QED) is 0.782. The number of benzene rings is 1. The van der Waals surface area contributed by atoms with Crippen LogP contribution in [0.15, 0.2) is 51.5 Å². The molecule has 0 N–H and O–H groups in total. The van der Waals surface area contributed by atoms with Gasteiger partial charge in [-0.2, -0.15) is 0 Å². The molecule has 0 spiro atoms. The minimum atomic E-state index is 0.224. The topological polar surface area (TPSA) is 28.7 Å². The van der Waals surface area contributed by atoms with E-state index in [-0.39, 0.29) is 5.50 Å². The molecule has 2 aromatic rings. The molecular formula is C14H12N2OS. The maximum Gasteiger partial charge on any atom is 0.172 e. The number of nitrogens with zero attached hydrogens (tertiary/aromatic N) is 2. The van der Waals surface area contributed by atoms with Crippen LogP contribution in [0.3, 0.4) is 0 Å². The van der Waals surface area contributed by atoms with E-state index in [0.29, 0.717) is 0 Å². The lowest BCUT2D eigenvalue weighted by atomic mass is 10.1. The van der Waals surface area contributed by atoms with Crippen LogP contribution in [0.1, 0.15) is 12.0 Å². The zero-order valence-electron chi connectivity index (χ0n) is 9.74. The molecule has 4 rings (SSSR count). The summed E-state index contributed by atoms with van der Waals surface area (Å²) in [5, 5.41) is 3.28. The Morgan fingerprint density at radius 3 is 3.28 bits per heavy atom. The molecule has 3 nitrogen and oxygen atoms in total. The van der Waals surface area contributed by atoms with Gasteiger partial charge in [-0.15, -0.1) is 0 Å². The van der Waals surface area contributed by atoms with Crippen LogP contribution >= 0.6 is 11.8 Å². The monoisotopic (exact) mass is 256 g/mol. The second-order valence-corrected chi connectivity index (χ2v) is 5.42. The number of aliphatic imine (C=N–C) groups is 1. The van der Waals surface area contributed by atoms with Gasteiger partial charge in [-0.3, -0.25) is 4.99 Å². The van der Waals surface area contributed by atoms with Crippen molar-refractivity contribution in [1.82, 2.24) is 4.90 Å². The van der Waals surface area contributed by atoms with Gasteiger partial charge < -0.3 is 9.32 Å². The Bertz CT molecular complexity index is 659. The molecule has 0 amide bonds. The van der Waals surface area contributed by atoms with Crippen LogP contribution in [-0.4, -0.2) is 22.7 Å². The van der Waals surface area contributed by atoms with Crippen molar-refractivity contribution in [2.24, 2.45) is 4.99 Å². The highest BCUT2D eigenvalue weighted by molar-refractivity contribution is 8.02. The van der Waals surface area contributed by atoms with E-state index in [1.807, 2.05) is 24.5 Å². The fourth-order valence-electron chi connectivity index (χ4n) is 2.46. The molecule has 1 atom stereocenters. The molecule has 90 valence electrons. The average molecular weight is 256 g/mol. The maximum atomic E-state index is 5.60. The van der Waals surface area contributed by atoms with Crippen molar-refractivity contribution < 1.29 is 4.42 Å². The summed E-state index contributed by atoms with van der Waals surface area (Å²) in [5.41, 5.74) is 3.48. The Labute approximate surface area is 109 Å². The van der Waals surface area contributed by atoms with Crippen molar-refractivity contribution in [3.05, 3.63) is 47.7 Å². The van der Waals surface area contributed by atoms with Crippen molar-refractivity contribution in [1.29, 1.82) is 0 Å². The number of fused-ring (bicyclic) bond motifs is 2. The highest BCUT2D eigenvalue weighted by atomic mass is 32.2. The van der Waals surface area contributed by atoms with Crippen molar-refractivity contribution in [2.45, 2.75) is 11.9 Å². The Kier molecular flexibility index (Phi) is 2.23. The first-order valence-electron chi connectivity index (χ1n) is 6.03. The third kappa shape index (κ3) is 1.49. The predicted molar refractivity (Wildman–Crippen MR) is 74.6 cm³/mol. The highest BCUT2D eigenvalue weighted by Gasteiger charge is 2.25. The van der Waals surface area contributed by atoms with Crippen molar-refractivity contribution in [3.63, 3.8) is 0 Å². The Balaban J connectivity index is 1.79. The molecule has 0 fully saturated rings. The lowest BCUT2D eigenvalue weighted by Crippen LogP contribution is -2.31. The SMILES string of the molecule is C1=CN2CCC(c3coc4ccccc34)=NC2S1. The third-order valence-corrected chi connectivity index (χ3v) is 4.30. The summed E-state index contributed by atoms with van der Waals surface area (Å²) < 4.78 is 5.60. The van der Waals surface area contributed by atoms with Gasteiger partial charge >= 0.3 is 0 Å². The number of rotatable bonds is 1. The largest absolute Gasteiger partial charge is 0.464 e. The van der Waals surface area contributed by atoms with Gasteiger partial charge in [0.2, 0.25) is 0 Å². The molecular weight excluding hydrogens is 244 g/mol. The van der Waals surface area contributed by atoms with E-state index < -0.39 is 0 Å². The van der Waals surface area contributed by atoms with Crippen LogP contribution in [0, 0.1) is 0 Å². The summed E-state index contributed by atoms with van der Waals surface area (Å²) in [6.07, 6.45) is 4.94. The molecule has 18 heavy (non-hydrogen) atoms. The first-order valence-corrected chi connectivity index (χ1v) is 6.97. The molecule has 0 radical (unpaired) electrons. The predicted octanol–water partition coefficient (Wildman–Crippen LogP) is 3.43. The molecule has 2 aliphatic rings. The number of thioether (sulfide) groups is 1. The van der Waals surface area contributed by atoms with Crippen molar-refractivity contribution in [2.75, 3.05) is 6.54 Å². The fraction of sp³-hybridized carbons (Fsp3) is 0.214. The summed E-state index contributed by atoms with van der Waals surface area (Å²) in [4.78, 5) is 7.09. The number of hydrogen-bond donors (Lipinski definition) is 0. The van der Waals surface area contributed by atoms with Gasteiger partial charge in [0.1, 0.15) is 11.8 Å². The minimum absolute atomic E-state index is 0.224. The first kappa shape index (κ1) is 10.3. The Hall–Kier alpha value is -1.68. The number of furan rings is 1. The Morgan fingerprint density at radius 2 is 2.28 bits per heavy atom. The summed E-state index contributed by atoms with van der Waals surface area (Å²) in [5.74, 6) is 0. The van der Waals surface area contributed by atoms with Gasteiger partial charge in [-0.25, -0.2) is 0 Å². The summed E-state index contributed by atoms with van der Waals surface area (Å²) in [6.45, 7) is 1.03. The second-order valence-electron chi connectivity index (χ2n) is 4.46. The van der Waals surface area contributed by atoms with E-state index in [4.69, 9.17) is 9.41 Å². The van der Waals surface area contributed by atoms with E-state index in [9.17, 15) is 0 Å². The molecule has 4 heteroatoms. The van der Waals surface area contributed by atoms with E-state index in [0.717, 1.165) is 29.8 Å². The molecule has 1 unspecified atom stereocenters. The minimum Gasteiger partial charge on any atom is -0.464 e. The first-order chi connectivity index (χ1) is 8.92. The normalized spacial score (nSPS) is 22.3. The second kappa shape index (κ2) is 3.92. The summed E-state index contributed by atoms with van der Waals surface area (Å²) in [6, 6.07) is 8.14. The van der Waals surface area contributed by atoms with E-state index in [1.165, 1.54) is 5.39 Å². The highest BCUT2D eigenvalue weighted by Crippen LogP contribution is 2.32. The fourth-order valence-corrected chi connectivity index (χ4v) is 3.35. The van der Waals surface area contributed by atoms with E-state index in [1.54, 1.807) is 11.8 Å². The van der Waals surface area contributed by atoms with Crippen LogP contribution in [0.5, 0.6) is 0 Å². The standard InChI is InChI=1S/C14H12N2OS/c1-2-4-13-10(3-1)11(9-17-13)12-5-6-16-7-8-18-14(16)15-12/h1-4,7-9,14H,5-6H2. The maximum absolute atomic E-state index is 5.60. The van der Waals surface area contributed by atoms with E-state index >= 15 is 0 Å². The van der Waals surface area contributed by atoms with Crippen LogP contribution in [0.4, 0.5) is 0 Å². The lowest BCUT2D eigenvalue weighted by Gasteiger charge is -2.27. The van der Waals surface area contributed by atoms with Gasteiger partial charge in [-0.05, 0) is 11.5 Å². The molecule has 0 saturated carbocycles. The average Bonchev–Trinajstić information content (AvgIpc) is 3.04. The number of para-hydroxylation sites is 1. The van der Waals surface area contributed by atoms with Crippen molar-refractivity contribution in [3.8, 4) is 0 Å². The third-order valence-electron chi connectivity index (χ3n) is 3.40. The summed E-state index contributed by atoms with van der Waals surface area (Å²) in [7, 11) is 0. The van der Waals surface area contributed by atoms with Crippen LogP contribution < -0.4 is 0 Å². The molecule has 1 aromatic heterocycles. The van der Waals surface area contributed by atoms with E-state index in [2.05, 4.69) is 22.6 Å². The number of hydrogen-bond acceptors (Lipinski definition) is 4. The lowest BCUT2D eigenvalue weighted by molar-refractivity contribution is 0.365. The Morgan fingerprint density at radius 1 is 1.33 bits per heavy atom. The molecule has 3 heterocycles. The molecule has 1 aromatic carbocycles. The molecule has 0 saturated heterocycles. The van der Waals surface area contributed by atoms with Crippen LogP contribution in [-0.2, 0) is 0 Å². The zero-order chi connectivity index (χ0) is 11.9. The van der Waals surface area contributed by atoms with Gasteiger partial charge in [0, 0.05) is 30.1 Å². The zero-order valence-corrected chi connectivity index (χ0v) is 10.6. The van der Waals surface area contributed by atoms with Gasteiger partial charge in [-0.1, -0.05) is 30.0 Å². The summed E-state index contributed by atoms with van der Waals surface area (Å²) >= 11 is 1.76. The van der Waals surface area contributed by atoms with Gasteiger partial charge in [0.05, 0.1) is 5.71 Å². The molecule has 2 aliphatic heterocycles. The van der Waals surface area contributed by atoms with Gasteiger partial charge in [0.15, 0.2) is 5.50 Å².